The molecule has 0 saturated carbocycles. The average Bonchev–Trinajstić information content (AvgIpc) is 3.33. The number of rotatable bonds is 4. The number of fused-ring (bicyclic) bond motifs is 1. The van der Waals surface area contributed by atoms with E-state index in [1.807, 2.05) is 42.5 Å². The number of aliphatic hydroxyl groups is 1. The van der Waals surface area contributed by atoms with Crippen LogP contribution in [0.5, 0.6) is 0 Å². The second-order valence-corrected chi connectivity index (χ2v) is 9.18. The maximum Gasteiger partial charge on any atom is 0.294 e. The average molecular weight is 553 g/mol. The van der Waals surface area contributed by atoms with Crippen molar-refractivity contribution in [3.63, 3.8) is 0 Å². The van der Waals surface area contributed by atoms with Crippen molar-refractivity contribution in [1.82, 2.24) is 0 Å². The lowest BCUT2D eigenvalue weighted by Crippen LogP contribution is -2.31. The van der Waals surface area contributed by atoms with E-state index in [4.69, 9.17) is 4.42 Å². The summed E-state index contributed by atoms with van der Waals surface area (Å²) in [5, 5.41) is 11.6. The van der Waals surface area contributed by atoms with Gasteiger partial charge in [-0.15, -0.1) is 0 Å². The summed E-state index contributed by atoms with van der Waals surface area (Å²) in [6.07, 6.45) is 0. The van der Waals surface area contributed by atoms with Crippen LogP contribution in [-0.2, 0) is 4.79 Å². The molecule has 0 spiro atoms. The molecule has 1 aliphatic rings. The number of carbonyl (C=O) groups excluding carboxylic acids is 2. The molecule has 0 saturated heterocycles. The van der Waals surface area contributed by atoms with Crippen molar-refractivity contribution in [3.05, 3.63) is 110 Å². The molecule has 0 aliphatic carbocycles. The molecule has 0 bridgehead atoms. The van der Waals surface area contributed by atoms with E-state index in [1.54, 1.807) is 36.4 Å². The van der Waals surface area contributed by atoms with E-state index in [1.165, 1.54) is 4.90 Å². The van der Waals surface area contributed by atoms with Crippen molar-refractivity contribution in [2.45, 2.75) is 6.04 Å². The molecule has 3 aromatic carbocycles. The fraction of sp³-hybridized carbons (Fsp3) is 0.0400. The zero-order chi connectivity index (χ0) is 22.4. The van der Waals surface area contributed by atoms with Crippen LogP contribution in [0.3, 0.4) is 0 Å². The molecule has 1 N–H and O–H groups in total. The number of anilines is 1. The van der Waals surface area contributed by atoms with E-state index in [-0.39, 0.29) is 11.3 Å². The molecule has 4 aromatic rings. The summed E-state index contributed by atoms with van der Waals surface area (Å²) in [4.78, 5) is 28.2. The van der Waals surface area contributed by atoms with Gasteiger partial charge in [-0.1, -0.05) is 62.2 Å². The Morgan fingerprint density at radius 3 is 2.31 bits per heavy atom. The third-order valence-corrected chi connectivity index (χ3v) is 6.40. The van der Waals surface area contributed by atoms with Crippen LogP contribution in [0.25, 0.3) is 11.0 Å². The number of Topliss-reactive ketones (excluding diaryl/α,β-unsaturated/α-hetero) is 1. The lowest BCUT2D eigenvalue weighted by Gasteiger charge is -2.26. The second kappa shape index (κ2) is 8.07. The normalized spacial score (nSPS) is 16.2. The number of hydrogen-bond donors (Lipinski definition) is 1. The summed E-state index contributed by atoms with van der Waals surface area (Å²) in [7, 11) is 0. The zero-order valence-electron chi connectivity index (χ0n) is 16.5. The number of furan rings is 1. The number of nitrogens with zero attached hydrogens (tertiary/aromatic N) is 1. The molecule has 2 heterocycles. The van der Waals surface area contributed by atoms with Gasteiger partial charge in [0.25, 0.3) is 5.91 Å². The van der Waals surface area contributed by atoms with Gasteiger partial charge in [-0.05, 0) is 54.1 Å². The van der Waals surface area contributed by atoms with Crippen LogP contribution >= 0.6 is 31.9 Å². The minimum Gasteiger partial charge on any atom is -0.503 e. The highest BCUT2D eigenvalue weighted by atomic mass is 79.9. The molecule has 1 aliphatic heterocycles. The van der Waals surface area contributed by atoms with Gasteiger partial charge in [0.1, 0.15) is 5.58 Å². The van der Waals surface area contributed by atoms with Crippen LogP contribution in [0.15, 0.2) is 104 Å². The molecule has 1 atom stereocenters. The van der Waals surface area contributed by atoms with Gasteiger partial charge in [-0.3, -0.25) is 14.5 Å². The number of carbonyl (C=O) groups is 2. The van der Waals surface area contributed by atoms with Crippen molar-refractivity contribution in [1.29, 1.82) is 0 Å². The molecule has 158 valence electrons. The first-order valence-electron chi connectivity index (χ1n) is 9.75. The van der Waals surface area contributed by atoms with E-state index in [0.29, 0.717) is 16.8 Å². The lowest BCUT2D eigenvalue weighted by atomic mass is 9.95. The highest BCUT2D eigenvalue weighted by Gasteiger charge is 2.45. The quantitative estimate of drug-likeness (QED) is 0.285. The minimum absolute atomic E-state index is 0.0118. The van der Waals surface area contributed by atoms with E-state index in [9.17, 15) is 14.7 Å². The molecule has 7 heteroatoms. The summed E-state index contributed by atoms with van der Waals surface area (Å²) in [6, 6.07) is 22.5. The van der Waals surface area contributed by atoms with E-state index in [2.05, 4.69) is 31.9 Å². The minimum atomic E-state index is -0.794. The maximum atomic E-state index is 13.6. The molecular formula is C25H15Br2NO4. The van der Waals surface area contributed by atoms with E-state index in [0.717, 1.165) is 14.3 Å². The van der Waals surface area contributed by atoms with Crippen molar-refractivity contribution in [2.75, 3.05) is 4.90 Å². The summed E-state index contributed by atoms with van der Waals surface area (Å²) in [6.45, 7) is 0. The van der Waals surface area contributed by atoms with Crippen molar-refractivity contribution in [2.24, 2.45) is 0 Å². The van der Waals surface area contributed by atoms with Crippen LogP contribution in [-0.4, -0.2) is 16.8 Å². The molecule has 5 rings (SSSR count). The van der Waals surface area contributed by atoms with Gasteiger partial charge in [0, 0.05) is 20.0 Å². The fourth-order valence-electron chi connectivity index (χ4n) is 3.91. The van der Waals surface area contributed by atoms with Crippen LogP contribution in [0.2, 0.25) is 0 Å². The topological polar surface area (TPSA) is 70.8 Å². The largest absolute Gasteiger partial charge is 0.503 e. The van der Waals surface area contributed by atoms with Gasteiger partial charge in [0.15, 0.2) is 11.5 Å². The maximum absolute atomic E-state index is 13.6. The Kier molecular flexibility index (Phi) is 5.23. The predicted octanol–water partition coefficient (Wildman–Crippen LogP) is 6.74. The summed E-state index contributed by atoms with van der Waals surface area (Å²) in [5.74, 6) is -1.68. The van der Waals surface area contributed by atoms with Crippen molar-refractivity contribution in [3.8, 4) is 0 Å². The second-order valence-electron chi connectivity index (χ2n) is 7.35. The van der Waals surface area contributed by atoms with Crippen molar-refractivity contribution < 1.29 is 19.1 Å². The van der Waals surface area contributed by atoms with Gasteiger partial charge in [0.05, 0.1) is 11.6 Å². The Morgan fingerprint density at radius 1 is 0.906 bits per heavy atom. The first-order valence-corrected chi connectivity index (χ1v) is 11.3. The Bertz CT molecular complexity index is 1390. The molecule has 1 aromatic heterocycles. The van der Waals surface area contributed by atoms with Crippen LogP contribution in [0.4, 0.5) is 5.69 Å². The van der Waals surface area contributed by atoms with Gasteiger partial charge in [-0.2, -0.15) is 0 Å². The summed E-state index contributed by atoms with van der Waals surface area (Å²) >= 11 is 6.81. The first kappa shape index (κ1) is 20.7. The first-order chi connectivity index (χ1) is 15.4. The fourth-order valence-corrected chi connectivity index (χ4v) is 4.56. The molecule has 1 unspecified atom stereocenters. The standard InChI is InChI=1S/C25H15Br2NO4/c26-16-6-9-18(10-7-16)28-22(14-4-2-1-3-5-14)21(24(30)25(28)31)23(29)20-13-15-12-17(27)8-11-19(15)32-20/h1-13,22,30H. The highest BCUT2D eigenvalue weighted by Crippen LogP contribution is 2.42. The third-order valence-electron chi connectivity index (χ3n) is 5.38. The smallest absolute Gasteiger partial charge is 0.294 e. The van der Waals surface area contributed by atoms with E-state index < -0.39 is 23.5 Å². The van der Waals surface area contributed by atoms with Crippen LogP contribution in [0, 0.1) is 0 Å². The number of hydrogen-bond acceptors (Lipinski definition) is 4. The summed E-state index contributed by atoms with van der Waals surface area (Å²) < 4.78 is 7.48. The number of aliphatic hydroxyl groups excluding tert-OH is 1. The van der Waals surface area contributed by atoms with Gasteiger partial charge >= 0.3 is 0 Å². The van der Waals surface area contributed by atoms with Crippen LogP contribution in [0.1, 0.15) is 22.2 Å². The number of halogens is 2. The molecule has 5 nitrogen and oxygen atoms in total. The Labute approximate surface area is 200 Å². The van der Waals surface area contributed by atoms with Gasteiger partial charge in [0.2, 0.25) is 5.78 Å². The SMILES string of the molecule is O=C(C1=C(O)C(=O)N(c2ccc(Br)cc2)C1c1ccccc1)c1cc2cc(Br)ccc2o1. The molecule has 0 radical (unpaired) electrons. The van der Waals surface area contributed by atoms with Gasteiger partial charge < -0.3 is 9.52 Å². The lowest BCUT2D eigenvalue weighted by molar-refractivity contribution is -0.117. The summed E-state index contributed by atoms with van der Waals surface area (Å²) in [5.41, 5.74) is 1.80. The number of ketones is 1. The zero-order valence-corrected chi connectivity index (χ0v) is 19.6. The predicted molar refractivity (Wildman–Crippen MR) is 129 cm³/mol. The van der Waals surface area contributed by atoms with Crippen molar-refractivity contribution >= 4 is 60.2 Å². The Morgan fingerprint density at radius 2 is 1.59 bits per heavy atom. The number of amides is 1. The third kappa shape index (κ3) is 3.47. The Balaban J connectivity index is 1.65. The Hall–Kier alpha value is -3.16. The molecule has 0 fully saturated rings. The molecule has 32 heavy (non-hydrogen) atoms. The molecule has 1 amide bonds. The molecular weight excluding hydrogens is 538 g/mol. The highest BCUT2D eigenvalue weighted by molar-refractivity contribution is 9.10. The monoisotopic (exact) mass is 551 g/mol. The number of benzene rings is 3. The van der Waals surface area contributed by atoms with Gasteiger partial charge in [-0.25, -0.2) is 0 Å². The van der Waals surface area contributed by atoms with E-state index >= 15 is 0 Å². The van der Waals surface area contributed by atoms with Crippen LogP contribution < -0.4 is 4.90 Å².